The first kappa shape index (κ1) is 14.6. The number of methoxy groups -OCH3 is 1. The van der Waals surface area contributed by atoms with Gasteiger partial charge in [-0.3, -0.25) is 4.79 Å². The van der Waals surface area contributed by atoms with Gasteiger partial charge >= 0.3 is 5.97 Å². The van der Waals surface area contributed by atoms with Gasteiger partial charge in [0.25, 0.3) is 0 Å². The Morgan fingerprint density at radius 3 is 2.40 bits per heavy atom. The standard InChI is InChI=1S/C15H19FO4/c1-9(2)20-13-7-10(11(16)8-12(13)19-3)15(14(17)18)5-4-6-15/h7-9H,4-6H2,1-3H3,(H,17,18). The number of hydrogen-bond acceptors (Lipinski definition) is 3. The maximum atomic E-state index is 14.2. The minimum absolute atomic E-state index is 0.107. The van der Waals surface area contributed by atoms with Gasteiger partial charge in [0.05, 0.1) is 18.6 Å². The highest BCUT2D eigenvalue weighted by molar-refractivity contribution is 5.83. The van der Waals surface area contributed by atoms with E-state index in [1.54, 1.807) is 0 Å². The normalized spacial score (nSPS) is 16.6. The largest absolute Gasteiger partial charge is 0.493 e. The average molecular weight is 282 g/mol. The maximum absolute atomic E-state index is 14.2. The van der Waals surface area contributed by atoms with E-state index in [0.29, 0.717) is 18.6 Å². The molecule has 1 fully saturated rings. The van der Waals surface area contributed by atoms with E-state index in [-0.39, 0.29) is 17.4 Å². The summed E-state index contributed by atoms with van der Waals surface area (Å²) in [6, 6.07) is 2.68. The van der Waals surface area contributed by atoms with E-state index in [0.717, 1.165) is 6.42 Å². The Morgan fingerprint density at radius 1 is 1.35 bits per heavy atom. The highest BCUT2D eigenvalue weighted by Crippen LogP contribution is 2.47. The molecule has 2 rings (SSSR count). The van der Waals surface area contributed by atoms with Crippen molar-refractivity contribution in [1.29, 1.82) is 0 Å². The van der Waals surface area contributed by atoms with Crippen LogP contribution >= 0.6 is 0 Å². The fourth-order valence-corrected chi connectivity index (χ4v) is 2.54. The maximum Gasteiger partial charge on any atom is 0.314 e. The van der Waals surface area contributed by atoms with Gasteiger partial charge in [-0.15, -0.1) is 0 Å². The number of halogens is 1. The molecular formula is C15H19FO4. The molecule has 1 aliphatic rings. The van der Waals surface area contributed by atoms with Crippen molar-refractivity contribution in [2.24, 2.45) is 0 Å². The molecule has 4 nitrogen and oxygen atoms in total. The lowest BCUT2D eigenvalue weighted by atomic mass is 9.64. The molecular weight excluding hydrogens is 263 g/mol. The quantitative estimate of drug-likeness (QED) is 0.901. The molecule has 20 heavy (non-hydrogen) atoms. The molecule has 1 aromatic rings. The van der Waals surface area contributed by atoms with Crippen LogP contribution in [0.1, 0.15) is 38.7 Å². The van der Waals surface area contributed by atoms with Crippen molar-refractivity contribution in [3.63, 3.8) is 0 Å². The summed E-state index contributed by atoms with van der Waals surface area (Å²) in [6.45, 7) is 3.69. The Kier molecular flexibility index (Phi) is 3.88. The average Bonchev–Trinajstić information content (AvgIpc) is 2.30. The second-order valence-corrected chi connectivity index (χ2v) is 5.39. The fourth-order valence-electron chi connectivity index (χ4n) is 2.54. The summed E-state index contributed by atoms with van der Waals surface area (Å²) in [5.74, 6) is -0.880. The Morgan fingerprint density at radius 2 is 2.00 bits per heavy atom. The molecule has 1 aliphatic carbocycles. The van der Waals surface area contributed by atoms with Crippen molar-refractivity contribution in [3.8, 4) is 11.5 Å². The van der Waals surface area contributed by atoms with E-state index < -0.39 is 17.2 Å². The van der Waals surface area contributed by atoms with Crippen LogP contribution in [0.25, 0.3) is 0 Å². The topological polar surface area (TPSA) is 55.8 Å². The lowest BCUT2D eigenvalue weighted by molar-refractivity contribution is -0.147. The summed E-state index contributed by atoms with van der Waals surface area (Å²) >= 11 is 0. The second kappa shape index (κ2) is 5.31. The molecule has 110 valence electrons. The Bertz CT molecular complexity index is 521. The summed E-state index contributed by atoms with van der Waals surface area (Å²) in [5, 5.41) is 9.42. The molecule has 0 aromatic heterocycles. The van der Waals surface area contributed by atoms with E-state index in [4.69, 9.17) is 9.47 Å². The van der Waals surface area contributed by atoms with E-state index >= 15 is 0 Å². The van der Waals surface area contributed by atoms with Gasteiger partial charge in [-0.1, -0.05) is 6.42 Å². The molecule has 0 unspecified atom stereocenters. The lowest BCUT2D eigenvalue weighted by Gasteiger charge is -2.38. The van der Waals surface area contributed by atoms with Gasteiger partial charge < -0.3 is 14.6 Å². The molecule has 1 saturated carbocycles. The summed E-state index contributed by atoms with van der Waals surface area (Å²) in [4.78, 5) is 11.5. The first-order valence-corrected chi connectivity index (χ1v) is 6.69. The molecule has 0 amide bonds. The summed E-state index contributed by atoms with van der Waals surface area (Å²) in [6.07, 6.45) is 1.58. The lowest BCUT2D eigenvalue weighted by Crippen LogP contribution is -2.43. The Hall–Kier alpha value is -1.78. The summed E-state index contributed by atoms with van der Waals surface area (Å²) < 4.78 is 24.9. The fraction of sp³-hybridized carbons (Fsp3) is 0.533. The van der Waals surface area contributed by atoms with Gasteiger partial charge in [0.1, 0.15) is 5.82 Å². The molecule has 0 atom stereocenters. The zero-order chi connectivity index (χ0) is 14.9. The third-order valence-corrected chi connectivity index (χ3v) is 3.75. The van der Waals surface area contributed by atoms with Crippen LogP contribution in [0.3, 0.4) is 0 Å². The van der Waals surface area contributed by atoms with Gasteiger partial charge in [0, 0.05) is 11.6 Å². The van der Waals surface area contributed by atoms with E-state index in [1.807, 2.05) is 13.8 Å². The van der Waals surface area contributed by atoms with Crippen molar-refractivity contribution in [3.05, 3.63) is 23.5 Å². The minimum atomic E-state index is -1.12. The Labute approximate surface area is 117 Å². The highest BCUT2D eigenvalue weighted by Gasteiger charge is 2.48. The number of benzene rings is 1. The van der Waals surface area contributed by atoms with Crippen LogP contribution in [-0.2, 0) is 10.2 Å². The highest BCUT2D eigenvalue weighted by atomic mass is 19.1. The van der Waals surface area contributed by atoms with E-state index in [1.165, 1.54) is 19.2 Å². The van der Waals surface area contributed by atoms with Gasteiger partial charge in [-0.25, -0.2) is 4.39 Å². The number of carbonyl (C=O) groups is 1. The smallest absolute Gasteiger partial charge is 0.314 e. The molecule has 0 aliphatic heterocycles. The van der Waals surface area contributed by atoms with Crippen molar-refractivity contribution in [2.45, 2.75) is 44.6 Å². The summed E-state index contributed by atoms with van der Waals surface area (Å²) in [5.41, 5.74) is -0.932. The zero-order valence-corrected chi connectivity index (χ0v) is 11.9. The van der Waals surface area contributed by atoms with Crippen LogP contribution < -0.4 is 9.47 Å². The molecule has 0 radical (unpaired) electrons. The van der Waals surface area contributed by atoms with Crippen molar-refractivity contribution < 1.29 is 23.8 Å². The van der Waals surface area contributed by atoms with E-state index in [2.05, 4.69) is 0 Å². The molecule has 0 spiro atoms. The molecule has 1 aromatic carbocycles. The number of rotatable bonds is 5. The molecule has 0 heterocycles. The van der Waals surface area contributed by atoms with Crippen LogP contribution in [0, 0.1) is 5.82 Å². The Balaban J connectivity index is 2.51. The molecule has 1 N–H and O–H groups in total. The number of hydrogen-bond donors (Lipinski definition) is 1. The van der Waals surface area contributed by atoms with Crippen LogP contribution in [0.2, 0.25) is 0 Å². The van der Waals surface area contributed by atoms with Gasteiger partial charge in [0.2, 0.25) is 0 Å². The third kappa shape index (κ3) is 2.32. The van der Waals surface area contributed by atoms with Crippen molar-refractivity contribution >= 4 is 5.97 Å². The first-order valence-electron chi connectivity index (χ1n) is 6.69. The predicted octanol–water partition coefficient (Wildman–Crippen LogP) is 3.13. The van der Waals surface area contributed by atoms with Crippen LogP contribution in [-0.4, -0.2) is 24.3 Å². The second-order valence-electron chi connectivity index (χ2n) is 5.39. The van der Waals surface area contributed by atoms with Gasteiger partial charge in [0.15, 0.2) is 11.5 Å². The van der Waals surface area contributed by atoms with Crippen LogP contribution in [0.15, 0.2) is 12.1 Å². The molecule has 0 saturated heterocycles. The molecule has 5 heteroatoms. The van der Waals surface area contributed by atoms with Crippen molar-refractivity contribution in [2.75, 3.05) is 7.11 Å². The first-order chi connectivity index (χ1) is 9.40. The van der Waals surface area contributed by atoms with E-state index in [9.17, 15) is 14.3 Å². The number of carboxylic acid groups (broad SMARTS) is 1. The predicted molar refractivity (Wildman–Crippen MR) is 71.9 cm³/mol. The van der Waals surface area contributed by atoms with Gasteiger partial charge in [-0.2, -0.15) is 0 Å². The third-order valence-electron chi connectivity index (χ3n) is 3.75. The van der Waals surface area contributed by atoms with Crippen LogP contribution in [0.5, 0.6) is 11.5 Å². The number of aliphatic carboxylic acids is 1. The van der Waals surface area contributed by atoms with Gasteiger partial charge in [-0.05, 0) is 32.8 Å². The summed E-state index contributed by atoms with van der Waals surface area (Å²) in [7, 11) is 1.43. The zero-order valence-electron chi connectivity index (χ0n) is 11.9. The SMILES string of the molecule is COc1cc(F)c(C2(C(=O)O)CCC2)cc1OC(C)C. The minimum Gasteiger partial charge on any atom is -0.493 e. The van der Waals surface area contributed by atoms with Crippen molar-refractivity contribution in [1.82, 2.24) is 0 Å². The van der Waals surface area contributed by atoms with Crippen LogP contribution in [0.4, 0.5) is 4.39 Å². The number of ether oxygens (including phenoxy) is 2. The molecule has 0 bridgehead atoms. The number of carboxylic acids is 1. The monoisotopic (exact) mass is 282 g/mol.